The summed E-state index contributed by atoms with van der Waals surface area (Å²) in [6.07, 6.45) is 3.42. The fourth-order valence-corrected chi connectivity index (χ4v) is 2.78. The fourth-order valence-electron chi connectivity index (χ4n) is 2.78. The number of aliphatic hydroxyl groups excluding tert-OH is 1. The minimum Gasteiger partial charge on any atom is -0.508 e. The third-order valence-corrected chi connectivity index (χ3v) is 3.95. The molecule has 16 heavy (non-hydrogen) atoms. The second-order valence-electron chi connectivity index (χ2n) is 5.02. The first-order chi connectivity index (χ1) is 7.70. The predicted molar refractivity (Wildman–Crippen MR) is 64.4 cm³/mol. The molecule has 0 spiro atoms. The first-order valence-corrected chi connectivity index (χ1v) is 6.10. The van der Waals surface area contributed by atoms with Crippen LogP contribution in [0.25, 0.3) is 0 Å². The third-order valence-electron chi connectivity index (χ3n) is 3.95. The molecule has 0 heterocycles. The van der Waals surface area contributed by atoms with Gasteiger partial charge in [-0.1, -0.05) is 19.1 Å². The molecule has 3 atom stereocenters. The van der Waals surface area contributed by atoms with Gasteiger partial charge in [-0.2, -0.15) is 0 Å². The Morgan fingerprint density at radius 2 is 1.88 bits per heavy atom. The van der Waals surface area contributed by atoms with Crippen LogP contribution in [0.3, 0.4) is 0 Å². The summed E-state index contributed by atoms with van der Waals surface area (Å²) >= 11 is 0. The van der Waals surface area contributed by atoms with Gasteiger partial charge in [0.05, 0.1) is 0 Å². The van der Waals surface area contributed by atoms with Crippen LogP contribution in [0.5, 0.6) is 5.75 Å². The van der Waals surface area contributed by atoms with E-state index in [4.69, 9.17) is 0 Å². The summed E-state index contributed by atoms with van der Waals surface area (Å²) < 4.78 is 0. The Bertz CT molecular complexity index is 331. The minimum atomic E-state index is 0.323. The molecule has 0 radical (unpaired) electrons. The number of phenols is 1. The maximum atomic E-state index is 9.25. The van der Waals surface area contributed by atoms with Gasteiger partial charge in [0.15, 0.2) is 0 Å². The number of phenolic OH excluding ortho intramolecular Hbond substituents is 1. The molecule has 2 heteroatoms. The van der Waals surface area contributed by atoms with Crippen LogP contribution in [0.15, 0.2) is 24.3 Å². The van der Waals surface area contributed by atoms with E-state index in [1.54, 1.807) is 12.1 Å². The highest BCUT2D eigenvalue weighted by Crippen LogP contribution is 2.39. The zero-order valence-electron chi connectivity index (χ0n) is 9.76. The van der Waals surface area contributed by atoms with E-state index in [2.05, 4.69) is 6.92 Å². The van der Waals surface area contributed by atoms with Crippen molar-refractivity contribution in [3.63, 3.8) is 0 Å². The van der Waals surface area contributed by atoms with E-state index < -0.39 is 0 Å². The van der Waals surface area contributed by atoms with Gasteiger partial charge >= 0.3 is 0 Å². The molecular formula is C14H20O2. The molecule has 2 N–H and O–H groups in total. The summed E-state index contributed by atoms with van der Waals surface area (Å²) in [6.45, 7) is 2.55. The summed E-state index contributed by atoms with van der Waals surface area (Å²) in [5, 5.41) is 18.5. The molecule has 0 saturated heterocycles. The maximum Gasteiger partial charge on any atom is 0.115 e. The van der Waals surface area contributed by atoms with Crippen molar-refractivity contribution < 1.29 is 10.2 Å². The monoisotopic (exact) mass is 220 g/mol. The topological polar surface area (TPSA) is 40.5 Å². The van der Waals surface area contributed by atoms with Gasteiger partial charge in [-0.15, -0.1) is 0 Å². The number of hydrogen-bond acceptors (Lipinski definition) is 2. The highest BCUT2D eigenvalue weighted by molar-refractivity contribution is 5.28. The fraction of sp³-hybridized carbons (Fsp3) is 0.571. The van der Waals surface area contributed by atoms with Gasteiger partial charge in [0, 0.05) is 6.61 Å². The van der Waals surface area contributed by atoms with Gasteiger partial charge in [0.2, 0.25) is 0 Å². The van der Waals surface area contributed by atoms with Gasteiger partial charge in [-0.05, 0) is 54.7 Å². The molecule has 1 aromatic rings. The molecule has 0 amide bonds. The van der Waals surface area contributed by atoms with E-state index in [0.29, 0.717) is 30.1 Å². The van der Waals surface area contributed by atoms with Crippen molar-refractivity contribution in [2.75, 3.05) is 6.61 Å². The zero-order valence-corrected chi connectivity index (χ0v) is 9.76. The lowest BCUT2D eigenvalue weighted by Gasteiger charge is -2.33. The first kappa shape index (κ1) is 11.5. The van der Waals surface area contributed by atoms with Crippen molar-refractivity contribution in [1.29, 1.82) is 0 Å². The SMILES string of the molecule is C[C@@H]1C[C@H](c2ccc(O)cc2)CC[C@@H]1CO. The second kappa shape index (κ2) is 4.88. The molecule has 0 bridgehead atoms. The van der Waals surface area contributed by atoms with Crippen LogP contribution in [0.2, 0.25) is 0 Å². The number of aliphatic hydroxyl groups is 1. The van der Waals surface area contributed by atoms with Gasteiger partial charge in [-0.25, -0.2) is 0 Å². The molecule has 1 fully saturated rings. The van der Waals surface area contributed by atoms with E-state index in [-0.39, 0.29) is 0 Å². The molecular weight excluding hydrogens is 200 g/mol. The third kappa shape index (κ3) is 2.38. The summed E-state index contributed by atoms with van der Waals surface area (Å²) in [5.74, 6) is 2.00. The highest BCUT2D eigenvalue weighted by atomic mass is 16.3. The average Bonchev–Trinajstić information content (AvgIpc) is 2.30. The molecule has 1 aliphatic rings. The Morgan fingerprint density at radius 3 is 2.44 bits per heavy atom. The molecule has 1 aliphatic carbocycles. The second-order valence-corrected chi connectivity index (χ2v) is 5.02. The van der Waals surface area contributed by atoms with Gasteiger partial charge in [-0.3, -0.25) is 0 Å². The summed E-state index contributed by atoms with van der Waals surface area (Å²) in [6, 6.07) is 7.56. The molecule has 0 aliphatic heterocycles. The van der Waals surface area contributed by atoms with E-state index in [1.807, 2.05) is 12.1 Å². The maximum absolute atomic E-state index is 9.25. The van der Waals surface area contributed by atoms with Crippen LogP contribution in [0.4, 0.5) is 0 Å². The average molecular weight is 220 g/mol. The molecule has 2 nitrogen and oxygen atoms in total. The molecule has 1 saturated carbocycles. The summed E-state index contributed by atoms with van der Waals surface area (Å²) in [5.41, 5.74) is 1.32. The van der Waals surface area contributed by atoms with Crippen molar-refractivity contribution in [3.05, 3.63) is 29.8 Å². The van der Waals surface area contributed by atoms with Crippen LogP contribution in [0.1, 0.15) is 37.7 Å². The summed E-state index contributed by atoms with van der Waals surface area (Å²) in [4.78, 5) is 0. The molecule has 0 unspecified atom stereocenters. The van der Waals surface area contributed by atoms with Crippen molar-refractivity contribution in [1.82, 2.24) is 0 Å². The highest BCUT2D eigenvalue weighted by Gasteiger charge is 2.27. The van der Waals surface area contributed by atoms with Crippen molar-refractivity contribution >= 4 is 0 Å². The largest absolute Gasteiger partial charge is 0.508 e. The normalized spacial score (nSPS) is 30.2. The number of hydrogen-bond donors (Lipinski definition) is 2. The van der Waals surface area contributed by atoms with Crippen molar-refractivity contribution in [3.8, 4) is 5.75 Å². The van der Waals surface area contributed by atoms with Crippen molar-refractivity contribution in [2.45, 2.75) is 32.1 Å². The van der Waals surface area contributed by atoms with E-state index in [9.17, 15) is 10.2 Å². The lowest BCUT2D eigenvalue weighted by atomic mass is 9.73. The quantitative estimate of drug-likeness (QED) is 0.804. The van der Waals surface area contributed by atoms with E-state index >= 15 is 0 Å². The Labute approximate surface area is 96.9 Å². The van der Waals surface area contributed by atoms with Crippen LogP contribution in [-0.2, 0) is 0 Å². The predicted octanol–water partition coefficient (Wildman–Crippen LogP) is 2.90. The van der Waals surface area contributed by atoms with Gasteiger partial charge in [0.1, 0.15) is 5.75 Å². The Kier molecular flexibility index (Phi) is 3.49. The molecule has 88 valence electrons. The minimum absolute atomic E-state index is 0.323. The first-order valence-electron chi connectivity index (χ1n) is 6.10. The van der Waals surface area contributed by atoms with Crippen LogP contribution >= 0.6 is 0 Å². The van der Waals surface area contributed by atoms with E-state index in [0.717, 1.165) is 19.3 Å². The Balaban J connectivity index is 2.04. The summed E-state index contributed by atoms with van der Waals surface area (Å²) in [7, 11) is 0. The van der Waals surface area contributed by atoms with Crippen LogP contribution in [0, 0.1) is 11.8 Å². The molecule has 2 rings (SSSR count). The number of aromatic hydroxyl groups is 1. The zero-order chi connectivity index (χ0) is 11.5. The standard InChI is InChI=1S/C14H20O2/c1-10-8-12(2-3-13(10)9-15)11-4-6-14(16)7-5-11/h4-7,10,12-13,15-16H,2-3,8-9H2,1H3/t10-,12-,13-/m1/s1. The lowest BCUT2D eigenvalue weighted by molar-refractivity contribution is 0.135. The van der Waals surface area contributed by atoms with Crippen molar-refractivity contribution in [2.24, 2.45) is 11.8 Å². The van der Waals surface area contributed by atoms with E-state index in [1.165, 1.54) is 5.56 Å². The Morgan fingerprint density at radius 1 is 1.19 bits per heavy atom. The molecule has 1 aromatic carbocycles. The smallest absolute Gasteiger partial charge is 0.115 e. The van der Waals surface area contributed by atoms with Crippen LogP contribution < -0.4 is 0 Å². The number of rotatable bonds is 2. The van der Waals surface area contributed by atoms with Crippen LogP contribution in [-0.4, -0.2) is 16.8 Å². The molecule has 0 aromatic heterocycles. The van der Waals surface area contributed by atoms with Gasteiger partial charge in [0.25, 0.3) is 0 Å². The lowest BCUT2D eigenvalue weighted by Crippen LogP contribution is -2.24. The van der Waals surface area contributed by atoms with Gasteiger partial charge < -0.3 is 10.2 Å². The Hall–Kier alpha value is -1.02. The number of benzene rings is 1.